The van der Waals surface area contributed by atoms with Gasteiger partial charge in [0.25, 0.3) is 5.56 Å². The Kier molecular flexibility index (Phi) is 6.13. The maximum absolute atomic E-state index is 13.6. The van der Waals surface area contributed by atoms with Gasteiger partial charge in [-0.05, 0) is 38.1 Å². The van der Waals surface area contributed by atoms with Crippen LogP contribution in [0, 0.1) is 5.82 Å². The number of nitrogens with zero attached hydrogens (tertiary/aromatic N) is 2. The van der Waals surface area contributed by atoms with Gasteiger partial charge in [-0.25, -0.2) is 9.37 Å². The molecule has 0 unspecified atom stereocenters. The summed E-state index contributed by atoms with van der Waals surface area (Å²) in [5.41, 5.74) is 0.522. The van der Waals surface area contributed by atoms with E-state index in [2.05, 4.69) is 4.98 Å². The number of rotatable bonds is 7. The van der Waals surface area contributed by atoms with E-state index in [4.69, 9.17) is 4.74 Å². The third-order valence-corrected chi connectivity index (χ3v) is 5.06. The standard InChI is InChI=1S/C20H21FN2O3S/c1-13(2)23-19(25)15-7-3-5-9-17(15)22-20(23)27-12-14(24)11-26-18-10-6-4-8-16(18)21/h3-10,13-14,24H,11-12H2,1-2H3/t14-/m1/s1. The van der Waals surface area contributed by atoms with Crippen LogP contribution in [0.2, 0.25) is 0 Å². The fourth-order valence-electron chi connectivity index (χ4n) is 2.65. The Morgan fingerprint density at radius 1 is 1.19 bits per heavy atom. The summed E-state index contributed by atoms with van der Waals surface area (Å²) in [6, 6.07) is 13.2. The number of aliphatic hydroxyl groups excluding tert-OH is 1. The van der Waals surface area contributed by atoms with Crippen molar-refractivity contribution in [2.45, 2.75) is 31.1 Å². The minimum atomic E-state index is -0.835. The Morgan fingerprint density at radius 2 is 1.89 bits per heavy atom. The van der Waals surface area contributed by atoms with Crippen LogP contribution in [-0.4, -0.2) is 33.1 Å². The summed E-state index contributed by atoms with van der Waals surface area (Å²) in [4.78, 5) is 17.3. The first-order valence-corrected chi connectivity index (χ1v) is 9.65. The smallest absolute Gasteiger partial charge is 0.262 e. The number of aliphatic hydroxyl groups is 1. The van der Waals surface area contributed by atoms with Crippen molar-refractivity contribution in [3.63, 3.8) is 0 Å². The molecule has 0 radical (unpaired) electrons. The Hall–Kier alpha value is -2.38. The summed E-state index contributed by atoms with van der Waals surface area (Å²) in [5.74, 6) is -0.0990. The molecule has 3 rings (SSSR count). The van der Waals surface area contributed by atoms with Crippen LogP contribution in [0.25, 0.3) is 10.9 Å². The van der Waals surface area contributed by atoms with Crippen molar-refractivity contribution in [1.29, 1.82) is 0 Å². The quantitative estimate of drug-likeness (QED) is 0.494. The normalized spacial score (nSPS) is 12.5. The van der Waals surface area contributed by atoms with Gasteiger partial charge in [0, 0.05) is 11.8 Å². The van der Waals surface area contributed by atoms with Crippen LogP contribution in [0.5, 0.6) is 5.75 Å². The monoisotopic (exact) mass is 388 g/mol. The average Bonchev–Trinajstić information content (AvgIpc) is 2.65. The highest BCUT2D eigenvalue weighted by Crippen LogP contribution is 2.22. The molecule has 0 amide bonds. The Morgan fingerprint density at radius 3 is 2.63 bits per heavy atom. The largest absolute Gasteiger partial charge is 0.488 e. The number of para-hydroxylation sites is 2. The number of benzene rings is 2. The first-order chi connectivity index (χ1) is 13.0. The summed E-state index contributed by atoms with van der Waals surface area (Å²) in [6.45, 7) is 3.78. The predicted octanol–water partition coefficient (Wildman–Crippen LogP) is 3.65. The van der Waals surface area contributed by atoms with E-state index in [9.17, 15) is 14.3 Å². The molecule has 0 aliphatic rings. The molecule has 1 N–H and O–H groups in total. The zero-order valence-corrected chi connectivity index (χ0v) is 15.9. The Balaban J connectivity index is 1.73. The molecular formula is C20H21FN2O3S. The first kappa shape index (κ1) is 19.4. The minimum Gasteiger partial charge on any atom is -0.488 e. The van der Waals surface area contributed by atoms with Crippen LogP contribution < -0.4 is 10.3 Å². The molecule has 1 heterocycles. The number of hydrogen-bond donors (Lipinski definition) is 1. The SMILES string of the molecule is CC(C)n1c(SC[C@H](O)COc2ccccc2F)nc2ccccc2c1=O. The zero-order valence-electron chi connectivity index (χ0n) is 15.1. The molecule has 0 spiro atoms. The zero-order chi connectivity index (χ0) is 19.4. The minimum absolute atomic E-state index is 0.0482. The third-order valence-electron chi connectivity index (χ3n) is 3.96. The van der Waals surface area contributed by atoms with Crippen LogP contribution in [0.4, 0.5) is 4.39 Å². The van der Waals surface area contributed by atoms with E-state index in [0.29, 0.717) is 16.1 Å². The molecule has 3 aromatic rings. The van der Waals surface area contributed by atoms with E-state index in [0.717, 1.165) is 0 Å². The van der Waals surface area contributed by atoms with Gasteiger partial charge in [0.1, 0.15) is 6.61 Å². The van der Waals surface area contributed by atoms with Gasteiger partial charge in [-0.15, -0.1) is 0 Å². The molecule has 142 valence electrons. The van der Waals surface area contributed by atoms with Crippen LogP contribution in [0.1, 0.15) is 19.9 Å². The van der Waals surface area contributed by atoms with Crippen molar-refractivity contribution in [2.24, 2.45) is 0 Å². The highest BCUT2D eigenvalue weighted by molar-refractivity contribution is 7.99. The highest BCUT2D eigenvalue weighted by atomic mass is 32.2. The molecule has 7 heteroatoms. The predicted molar refractivity (Wildman–Crippen MR) is 105 cm³/mol. The van der Waals surface area contributed by atoms with Gasteiger partial charge in [-0.2, -0.15) is 0 Å². The maximum Gasteiger partial charge on any atom is 0.262 e. The molecule has 0 saturated heterocycles. The summed E-state index contributed by atoms with van der Waals surface area (Å²) in [5, 5.41) is 11.3. The fourth-order valence-corrected chi connectivity index (χ4v) is 3.68. The Labute approximate surface area is 160 Å². The Bertz CT molecular complexity index is 990. The van der Waals surface area contributed by atoms with Crippen molar-refractivity contribution < 1.29 is 14.2 Å². The summed E-state index contributed by atoms with van der Waals surface area (Å²) in [6.07, 6.45) is -0.835. The van der Waals surface area contributed by atoms with Crippen molar-refractivity contribution in [3.8, 4) is 5.75 Å². The lowest BCUT2D eigenvalue weighted by molar-refractivity contribution is 0.123. The van der Waals surface area contributed by atoms with E-state index >= 15 is 0 Å². The number of halogens is 1. The first-order valence-electron chi connectivity index (χ1n) is 8.67. The number of aromatic nitrogens is 2. The molecule has 5 nitrogen and oxygen atoms in total. The van der Waals surface area contributed by atoms with Gasteiger partial charge in [-0.3, -0.25) is 9.36 Å². The van der Waals surface area contributed by atoms with Crippen molar-refractivity contribution >= 4 is 22.7 Å². The number of thioether (sulfide) groups is 1. The van der Waals surface area contributed by atoms with Crippen LogP contribution in [0.15, 0.2) is 58.5 Å². The van der Waals surface area contributed by atoms with E-state index in [1.807, 2.05) is 26.0 Å². The van der Waals surface area contributed by atoms with E-state index < -0.39 is 11.9 Å². The maximum atomic E-state index is 13.6. The van der Waals surface area contributed by atoms with E-state index in [-0.39, 0.29) is 29.7 Å². The third kappa shape index (κ3) is 4.48. The van der Waals surface area contributed by atoms with Crippen molar-refractivity contribution in [3.05, 3.63) is 64.7 Å². The second-order valence-electron chi connectivity index (χ2n) is 6.39. The highest BCUT2D eigenvalue weighted by Gasteiger charge is 2.16. The fraction of sp³-hybridized carbons (Fsp3) is 0.300. The van der Waals surface area contributed by atoms with Gasteiger partial charge in [0.15, 0.2) is 16.7 Å². The molecule has 1 aromatic heterocycles. The van der Waals surface area contributed by atoms with Gasteiger partial charge in [-0.1, -0.05) is 36.0 Å². The van der Waals surface area contributed by atoms with Crippen molar-refractivity contribution in [2.75, 3.05) is 12.4 Å². The molecule has 0 saturated carbocycles. The van der Waals surface area contributed by atoms with Crippen LogP contribution >= 0.6 is 11.8 Å². The van der Waals surface area contributed by atoms with Gasteiger partial charge < -0.3 is 9.84 Å². The average molecular weight is 388 g/mol. The van der Waals surface area contributed by atoms with E-state index in [1.54, 1.807) is 28.8 Å². The number of ether oxygens (including phenoxy) is 1. The molecule has 27 heavy (non-hydrogen) atoms. The van der Waals surface area contributed by atoms with Gasteiger partial charge in [0.05, 0.1) is 17.0 Å². The van der Waals surface area contributed by atoms with Crippen LogP contribution in [0.3, 0.4) is 0 Å². The summed E-state index contributed by atoms with van der Waals surface area (Å²) < 4.78 is 20.5. The molecule has 2 aromatic carbocycles. The second-order valence-corrected chi connectivity index (χ2v) is 7.37. The number of fused-ring (bicyclic) bond motifs is 1. The van der Waals surface area contributed by atoms with Gasteiger partial charge in [0.2, 0.25) is 0 Å². The molecule has 0 aliphatic heterocycles. The van der Waals surface area contributed by atoms with Crippen LogP contribution in [-0.2, 0) is 0 Å². The molecule has 0 aliphatic carbocycles. The lowest BCUT2D eigenvalue weighted by Gasteiger charge is -2.17. The lowest BCUT2D eigenvalue weighted by Crippen LogP contribution is -2.26. The second kappa shape index (κ2) is 8.54. The lowest BCUT2D eigenvalue weighted by atomic mass is 10.2. The topological polar surface area (TPSA) is 64.3 Å². The molecule has 1 atom stereocenters. The van der Waals surface area contributed by atoms with Crippen molar-refractivity contribution in [1.82, 2.24) is 9.55 Å². The summed E-state index contributed by atoms with van der Waals surface area (Å²) in [7, 11) is 0. The number of hydrogen-bond acceptors (Lipinski definition) is 5. The van der Waals surface area contributed by atoms with Gasteiger partial charge >= 0.3 is 0 Å². The molecule has 0 fully saturated rings. The molecular weight excluding hydrogens is 367 g/mol. The summed E-state index contributed by atoms with van der Waals surface area (Å²) >= 11 is 1.28. The molecule has 0 bridgehead atoms. The van der Waals surface area contributed by atoms with E-state index in [1.165, 1.54) is 23.9 Å².